The van der Waals surface area contributed by atoms with Crippen molar-refractivity contribution in [3.8, 4) is 11.4 Å². The quantitative estimate of drug-likeness (QED) is 0.427. The molecule has 0 bridgehead atoms. The Balaban J connectivity index is 1.63. The molecule has 0 atom stereocenters. The number of carbonyl (C=O) groups is 1. The second-order valence-corrected chi connectivity index (χ2v) is 9.72. The molecule has 0 aliphatic heterocycles. The topological polar surface area (TPSA) is 45.8 Å². The summed E-state index contributed by atoms with van der Waals surface area (Å²) in [5.74, 6) is 0.814. The fourth-order valence-electron chi connectivity index (χ4n) is 3.10. The third kappa shape index (κ3) is 5.47. The summed E-state index contributed by atoms with van der Waals surface area (Å²) in [5.41, 5.74) is 4.65. The van der Waals surface area contributed by atoms with Gasteiger partial charge in [-0.15, -0.1) is 0 Å². The minimum atomic E-state index is -0.816. The Hall–Kier alpha value is -3.25. The number of halogens is 1. The van der Waals surface area contributed by atoms with Crippen molar-refractivity contribution >= 4 is 14.8 Å². The van der Waals surface area contributed by atoms with Crippen LogP contribution in [0.2, 0.25) is 0 Å². The number of hydrogen-bond acceptors (Lipinski definition) is 2. The van der Waals surface area contributed by atoms with E-state index in [9.17, 15) is 4.79 Å². The normalized spacial score (nSPS) is 18.6. The van der Waals surface area contributed by atoms with Gasteiger partial charge in [-0.05, 0) is 0 Å². The summed E-state index contributed by atoms with van der Waals surface area (Å²) in [6.45, 7) is 1.99. The average molecular weight is 517 g/mol. The molecule has 4 rings (SSSR count). The Morgan fingerprint density at radius 3 is 2.26 bits per heavy atom. The summed E-state index contributed by atoms with van der Waals surface area (Å²) in [6.07, 6.45) is 11.7. The first-order valence-corrected chi connectivity index (χ1v) is 12.2. The summed E-state index contributed by atoms with van der Waals surface area (Å²) in [7, 11) is 0. The molecule has 4 heteroatoms. The Bertz CT molecular complexity index is 1270. The molecule has 0 saturated carbocycles. The minimum absolute atomic E-state index is 0.217. The number of nitrogens with one attached hydrogen (secondary N) is 1. The van der Waals surface area contributed by atoms with E-state index in [-0.39, 0.29) is 3.79 Å². The van der Waals surface area contributed by atoms with Gasteiger partial charge in [0.2, 0.25) is 0 Å². The molecule has 1 N–H and O–H groups in total. The van der Waals surface area contributed by atoms with Gasteiger partial charge in [-0.25, -0.2) is 0 Å². The number of H-pyrrole nitrogens is 1. The summed E-state index contributed by atoms with van der Waals surface area (Å²) in [5, 5.41) is 0. The maximum absolute atomic E-state index is 13.0. The van der Waals surface area contributed by atoms with Crippen molar-refractivity contribution in [2.45, 2.75) is 6.92 Å². The van der Waals surface area contributed by atoms with E-state index in [1.165, 1.54) is 0 Å². The zero-order valence-electron chi connectivity index (χ0n) is 17.1. The Labute approximate surface area is 192 Å². The molecule has 1 aromatic heterocycles. The first-order valence-electron chi connectivity index (χ1n) is 10.0. The van der Waals surface area contributed by atoms with Crippen LogP contribution >= 0.6 is 0 Å². The first-order chi connectivity index (χ1) is 15.2. The molecule has 154 valence electrons. The number of imidazole rings is 1. The Morgan fingerprint density at radius 2 is 1.52 bits per heavy atom. The molecule has 0 fully saturated rings. The van der Waals surface area contributed by atoms with E-state index in [1.807, 2.05) is 110 Å². The van der Waals surface area contributed by atoms with Crippen LogP contribution in [0.4, 0.5) is 0 Å². The van der Waals surface area contributed by atoms with E-state index in [0.29, 0.717) is 0 Å². The number of aromatic amines is 1. The van der Waals surface area contributed by atoms with Gasteiger partial charge in [0.05, 0.1) is 0 Å². The summed E-state index contributed by atoms with van der Waals surface area (Å²) in [4.78, 5) is 21.2. The van der Waals surface area contributed by atoms with Gasteiger partial charge in [-0.3, -0.25) is 0 Å². The van der Waals surface area contributed by atoms with Crippen molar-refractivity contribution in [2.24, 2.45) is 0 Å². The predicted octanol–water partition coefficient (Wildman–Crippen LogP) is 3.14. The number of hydrogen-bond donors (Lipinski definition) is 1. The summed E-state index contributed by atoms with van der Waals surface area (Å²) >= 11 is -0.816. The number of benzene rings is 1. The van der Waals surface area contributed by atoms with Crippen LogP contribution in [0.15, 0.2) is 120 Å². The van der Waals surface area contributed by atoms with Crippen LogP contribution in [0.3, 0.4) is 0 Å². The van der Waals surface area contributed by atoms with Crippen LogP contribution in [-0.4, -0.2) is 13.8 Å². The van der Waals surface area contributed by atoms with Crippen LogP contribution < -0.4 is 21.2 Å². The fraction of sp³-hybridized carbons (Fsp3) is 0.0370. The molecule has 1 aliphatic carbocycles. The van der Waals surface area contributed by atoms with Gasteiger partial charge in [0.1, 0.15) is 0 Å². The molecule has 0 saturated heterocycles. The van der Waals surface area contributed by atoms with Crippen LogP contribution in [0.1, 0.15) is 6.92 Å². The van der Waals surface area contributed by atoms with Gasteiger partial charge in [-0.1, -0.05) is 0 Å². The molecule has 0 unspecified atom stereocenters. The summed E-state index contributed by atoms with van der Waals surface area (Å²) < 4.78 is 1.29. The SMILES string of the molecule is CC1=C(C(=O)[I-]c2ccc3nc(-c4ccccccccc4)[nH]c3c2)/C=C\C=C/C=C\1. The fourth-order valence-corrected chi connectivity index (χ4v) is 5.39. The van der Waals surface area contributed by atoms with Gasteiger partial charge in [0.15, 0.2) is 0 Å². The molecule has 2 aromatic carbocycles. The van der Waals surface area contributed by atoms with Crippen molar-refractivity contribution < 1.29 is 26.0 Å². The molecular formula is C27H22IN2O-. The van der Waals surface area contributed by atoms with E-state index < -0.39 is 21.2 Å². The van der Waals surface area contributed by atoms with Crippen molar-refractivity contribution in [3.05, 3.63) is 124 Å². The molecule has 1 aliphatic rings. The van der Waals surface area contributed by atoms with Gasteiger partial charge < -0.3 is 0 Å². The van der Waals surface area contributed by atoms with Crippen molar-refractivity contribution in [3.63, 3.8) is 0 Å². The van der Waals surface area contributed by atoms with E-state index in [2.05, 4.69) is 11.1 Å². The maximum atomic E-state index is 13.0. The second kappa shape index (κ2) is 10.2. The number of allylic oxidation sites excluding steroid dienone is 8. The number of nitrogens with zero attached hydrogens (tertiary/aromatic N) is 1. The van der Waals surface area contributed by atoms with Gasteiger partial charge >= 0.3 is 193 Å². The van der Waals surface area contributed by atoms with Crippen molar-refractivity contribution in [1.82, 2.24) is 9.97 Å². The third-order valence-electron chi connectivity index (χ3n) is 4.71. The van der Waals surface area contributed by atoms with Crippen LogP contribution in [0.25, 0.3) is 22.4 Å². The number of rotatable bonds is 4. The zero-order valence-corrected chi connectivity index (χ0v) is 19.3. The van der Waals surface area contributed by atoms with Gasteiger partial charge in [0, 0.05) is 0 Å². The molecule has 1 heterocycles. The third-order valence-corrected chi connectivity index (χ3v) is 7.07. The zero-order chi connectivity index (χ0) is 21.5. The molecular weight excluding hydrogens is 495 g/mol. The number of carbonyl (C=O) groups excluding carboxylic acids is 1. The number of aromatic nitrogens is 2. The van der Waals surface area contributed by atoms with Crippen molar-refractivity contribution in [2.75, 3.05) is 0 Å². The standard InChI is InChI=1S/C27H22IN2O/c1-20-13-9-7-8-12-16-23(20)26(31)28-22-17-18-24-25(19-22)30-27(29-24)21-14-10-5-3-2-4-6-11-15-21/h2-19H,1H3,(H,29,30)/q-1/b3-2?,4-2?,5-3?,6-4?,8-7-,9-7?,10-5?,11-6?,12-8?,13-9-,14-10?,15-11?,16-12-,20-13?,21-14?,21-15?,23-16?,23-20+. The monoisotopic (exact) mass is 517 g/mol. The predicted molar refractivity (Wildman–Crippen MR) is 123 cm³/mol. The Morgan fingerprint density at radius 1 is 0.839 bits per heavy atom. The summed E-state index contributed by atoms with van der Waals surface area (Å²) in [6, 6.07) is 24.1. The molecule has 0 radical (unpaired) electrons. The van der Waals surface area contributed by atoms with Crippen LogP contribution in [0.5, 0.6) is 0 Å². The first kappa shape index (κ1) is 21.0. The molecule has 3 aromatic rings. The van der Waals surface area contributed by atoms with E-state index >= 15 is 0 Å². The van der Waals surface area contributed by atoms with Gasteiger partial charge in [0.25, 0.3) is 0 Å². The number of fused-ring (bicyclic) bond motifs is 1. The van der Waals surface area contributed by atoms with Gasteiger partial charge in [-0.2, -0.15) is 0 Å². The van der Waals surface area contributed by atoms with Crippen LogP contribution in [-0.2, 0) is 4.79 Å². The molecule has 3 nitrogen and oxygen atoms in total. The Kier molecular flexibility index (Phi) is 6.89. The van der Waals surface area contributed by atoms with E-state index in [4.69, 9.17) is 4.98 Å². The molecule has 0 amide bonds. The van der Waals surface area contributed by atoms with Crippen LogP contribution in [0, 0.1) is 3.57 Å². The molecule has 31 heavy (non-hydrogen) atoms. The van der Waals surface area contributed by atoms with E-state index in [1.54, 1.807) is 0 Å². The van der Waals surface area contributed by atoms with Crippen molar-refractivity contribution in [1.29, 1.82) is 0 Å². The average Bonchev–Trinajstić information content (AvgIpc) is 3.18. The molecule has 0 spiro atoms. The van der Waals surface area contributed by atoms with E-state index in [0.717, 1.165) is 37.1 Å². The second-order valence-electron chi connectivity index (χ2n) is 6.95.